The largest absolute Gasteiger partial charge is 0.493 e. The molecule has 2 atom stereocenters. The van der Waals surface area contributed by atoms with Crippen LogP contribution in [0.15, 0.2) is 16.6 Å². The van der Waals surface area contributed by atoms with E-state index in [1.807, 2.05) is 0 Å². The van der Waals surface area contributed by atoms with Gasteiger partial charge in [-0.25, -0.2) is 0 Å². The Morgan fingerprint density at radius 2 is 2.17 bits per heavy atom. The van der Waals surface area contributed by atoms with Crippen molar-refractivity contribution in [2.24, 2.45) is 5.92 Å². The highest BCUT2D eigenvalue weighted by Crippen LogP contribution is 2.36. The van der Waals surface area contributed by atoms with Crippen LogP contribution in [0, 0.1) is 5.92 Å². The third-order valence-electron chi connectivity index (χ3n) is 3.69. The monoisotopic (exact) mass is 374 g/mol. The van der Waals surface area contributed by atoms with Crippen LogP contribution in [0.5, 0.6) is 5.75 Å². The number of benzene rings is 1. The minimum atomic E-state index is 0.543. The molecule has 2 unspecified atom stereocenters. The summed E-state index contributed by atoms with van der Waals surface area (Å²) in [5, 5.41) is 0. The highest BCUT2D eigenvalue weighted by Gasteiger charge is 2.26. The second-order valence-corrected chi connectivity index (χ2v) is 7.09. The smallest absolute Gasteiger partial charge is 0.125 e. The molecule has 0 aromatic heterocycles. The first-order valence-electron chi connectivity index (χ1n) is 6.40. The number of hydrogen-bond donors (Lipinski definition) is 0. The van der Waals surface area contributed by atoms with Gasteiger partial charge in [0.05, 0.1) is 13.2 Å². The Morgan fingerprint density at radius 1 is 1.28 bits per heavy atom. The second kappa shape index (κ2) is 5.51. The lowest BCUT2D eigenvalue weighted by Gasteiger charge is -2.28. The highest BCUT2D eigenvalue weighted by atomic mass is 79.9. The molecule has 18 heavy (non-hydrogen) atoms. The maximum absolute atomic E-state index is 5.78. The summed E-state index contributed by atoms with van der Waals surface area (Å²) < 4.78 is 12.5. The molecule has 0 bridgehead atoms. The summed E-state index contributed by atoms with van der Waals surface area (Å²) >= 11 is 7.38. The molecule has 0 saturated carbocycles. The van der Waals surface area contributed by atoms with E-state index in [-0.39, 0.29) is 0 Å². The lowest BCUT2D eigenvalue weighted by Crippen LogP contribution is -2.29. The van der Waals surface area contributed by atoms with Gasteiger partial charge in [-0.2, -0.15) is 0 Å². The van der Waals surface area contributed by atoms with Gasteiger partial charge in [-0.05, 0) is 42.0 Å². The molecule has 2 aliphatic heterocycles. The molecule has 1 fully saturated rings. The van der Waals surface area contributed by atoms with Crippen LogP contribution in [0.4, 0.5) is 0 Å². The third-order valence-corrected chi connectivity index (χ3v) is 5.35. The molecule has 98 valence electrons. The summed E-state index contributed by atoms with van der Waals surface area (Å²) in [5.74, 6) is 1.66. The third kappa shape index (κ3) is 2.61. The fraction of sp³-hybridized carbons (Fsp3) is 0.571. The maximum atomic E-state index is 5.78. The van der Waals surface area contributed by atoms with E-state index in [0.717, 1.165) is 49.3 Å². The van der Waals surface area contributed by atoms with E-state index in [0.29, 0.717) is 10.7 Å². The van der Waals surface area contributed by atoms with Gasteiger partial charge in [-0.3, -0.25) is 0 Å². The van der Waals surface area contributed by atoms with Gasteiger partial charge in [-0.1, -0.05) is 31.9 Å². The number of ether oxygens (including phenoxy) is 2. The molecule has 0 N–H and O–H groups in total. The minimum absolute atomic E-state index is 0.543. The van der Waals surface area contributed by atoms with Gasteiger partial charge < -0.3 is 9.47 Å². The normalized spacial score (nSPS) is 26.8. The molecule has 1 aromatic carbocycles. The Kier molecular flexibility index (Phi) is 3.97. The van der Waals surface area contributed by atoms with Crippen molar-refractivity contribution in [2.75, 3.05) is 19.8 Å². The molecule has 4 heteroatoms. The quantitative estimate of drug-likeness (QED) is 0.733. The fourth-order valence-corrected chi connectivity index (χ4v) is 3.82. The molecule has 2 heterocycles. The van der Waals surface area contributed by atoms with Gasteiger partial charge in [0.1, 0.15) is 5.75 Å². The van der Waals surface area contributed by atoms with Crippen LogP contribution in [-0.4, -0.2) is 24.6 Å². The van der Waals surface area contributed by atoms with Crippen LogP contribution in [0.1, 0.15) is 17.5 Å². The number of rotatable bonds is 2. The molecule has 3 rings (SSSR count). The minimum Gasteiger partial charge on any atom is -0.493 e. The summed E-state index contributed by atoms with van der Waals surface area (Å²) in [4.78, 5) is 0.558. The van der Waals surface area contributed by atoms with E-state index in [1.165, 1.54) is 11.1 Å². The van der Waals surface area contributed by atoms with Crippen molar-refractivity contribution in [3.05, 3.63) is 27.7 Å². The molecule has 2 aliphatic rings. The van der Waals surface area contributed by atoms with Crippen LogP contribution in [0.3, 0.4) is 0 Å². The molecular weight excluding hydrogens is 360 g/mol. The average molecular weight is 376 g/mol. The van der Waals surface area contributed by atoms with Crippen molar-refractivity contribution in [2.45, 2.75) is 24.1 Å². The first kappa shape index (κ1) is 12.9. The first-order chi connectivity index (χ1) is 8.74. The van der Waals surface area contributed by atoms with Crippen LogP contribution in [0.25, 0.3) is 0 Å². The summed E-state index contributed by atoms with van der Waals surface area (Å²) in [7, 11) is 0. The Hall–Kier alpha value is -0.0600. The Bertz CT molecular complexity index is 448. The predicted octanol–water partition coefficient (Wildman–Crippen LogP) is 3.73. The predicted molar refractivity (Wildman–Crippen MR) is 78.7 cm³/mol. The van der Waals surface area contributed by atoms with Crippen LogP contribution >= 0.6 is 31.9 Å². The molecule has 0 radical (unpaired) electrons. The van der Waals surface area contributed by atoms with E-state index >= 15 is 0 Å². The van der Waals surface area contributed by atoms with Crippen molar-refractivity contribution in [1.29, 1.82) is 0 Å². The van der Waals surface area contributed by atoms with Gasteiger partial charge in [0, 0.05) is 22.3 Å². The van der Waals surface area contributed by atoms with E-state index in [2.05, 4.69) is 44.0 Å². The second-order valence-electron chi connectivity index (χ2n) is 5.00. The van der Waals surface area contributed by atoms with Crippen LogP contribution in [0.2, 0.25) is 0 Å². The number of halogens is 2. The highest BCUT2D eigenvalue weighted by molar-refractivity contribution is 9.10. The number of hydrogen-bond acceptors (Lipinski definition) is 2. The van der Waals surface area contributed by atoms with E-state index in [1.54, 1.807) is 0 Å². The van der Waals surface area contributed by atoms with Gasteiger partial charge in [0.2, 0.25) is 0 Å². The molecule has 0 aliphatic carbocycles. The van der Waals surface area contributed by atoms with Crippen LogP contribution in [-0.2, 0) is 17.6 Å². The fourth-order valence-electron chi connectivity index (χ4n) is 2.74. The Labute approximate surface area is 124 Å². The average Bonchev–Trinajstić information content (AvgIpc) is 2.80. The zero-order valence-electron chi connectivity index (χ0n) is 10.1. The van der Waals surface area contributed by atoms with Crippen molar-refractivity contribution in [3.63, 3.8) is 0 Å². The lowest BCUT2D eigenvalue weighted by molar-refractivity contribution is 0.0603. The van der Waals surface area contributed by atoms with Crippen molar-refractivity contribution in [1.82, 2.24) is 0 Å². The summed E-state index contributed by atoms with van der Waals surface area (Å²) in [6.45, 7) is 2.54. The Balaban J connectivity index is 1.84. The first-order valence-corrected chi connectivity index (χ1v) is 8.11. The van der Waals surface area contributed by atoms with Gasteiger partial charge >= 0.3 is 0 Å². The lowest BCUT2D eigenvalue weighted by atomic mass is 9.92. The van der Waals surface area contributed by atoms with Gasteiger partial charge in [0.15, 0.2) is 0 Å². The van der Waals surface area contributed by atoms with E-state index < -0.39 is 0 Å². The van der Waals surface area contributed by atoms with E-state index in [9.17, 15) is 0 Å². The zero-order valence-corrected chi connectivity index (χ0v) is 13.3. The zero-order chi connectivity index (χ0) is 12.5. The Morgan fingerprint density at radius 3 is 3.00 bits per heavy atom. The standard InChI is InChI=1S/C14H16Br2O2/c15-12-6-9-1-4-18-14(9)10(7-12)5-11-8-17-3-2-13(11)16/h6-7,11,13H,1-5,8H2. The van der Waals surface area contributed by atoms with Crippen molar-refractivity contribution < 1.29 is 9.47 Å². The van der Waals surface area contributed by atoms with Gasteiger partial charge in [-0.15, -0.1) is 0 Å². The van der Waals surface area contributed by atoms with Gasteiger partial charge in [0.25, 0.3) is 0 Å². The molecule has 1 saturated heterocycles. The molecule has 2 nitrogen and oxygen atoms in total. The van der Waals surface area contributed by atoms with Crippen molar-refractivity contribution >= 4 is 31.9 Å². The van der Waals surface area contributed by atoms with Crippen LogP contribution < -0.4 is 4.74 Å². The molecule has 1 aromatic rings. The summed E-state index contributed by atoms with van der Waals surface area (Å²) in [6, 6.07) is 4.37. The topological polar surface area (TPSA) is 18.5 Å². The molecule has 0 amide bonds. The molecule has 0 spiro atoms. The molecular formula is C14H16Br2O2. The van der Waals surface area contributed by atoms with E-state index in [4.69, 9.17) is 9.47 Å². The maximum Gasteiger partial charge on any atom is 0.125 e. The SMILES string of the molecule is Brc1cc2c(c(CC3COCCC3Br)c1)OCC2. The number of alkyl halides is 1. The van der Waals surface area contributed by atoms with Crippen molar-refractivity contribution in [3.8, 4) is 5.75 Å². The summed E-state index contributed by atoms with van der Waals surface area (Å²) in [5.41, 5.74) is 2.65. The number of fused-ring (bicyclic) bond motifs is 1. The summed E-state index contributed by atoms with van der Waals surface area (Å²) in [6.07, 6.45) is 3.15.